The molecule has 0 aliphatic heterocycles. The topological polar surface area (TPSA) is 17.1 Å². The van der Waals surface area contributed by atoms with E-state index in [4.69, 9.17) is 0 Å². The fraction of sp³-hybridized carbons (Fsp3) is 0.632. The normalized spacial score (nSPS) is 23.2. The third kappa shape index (κ3) is 6.36. The van der Waals surface area contributed by atoms with Crippen LogP contribution in [0.4, 0.5) is 0 Å². The average molecular weight is 274 g/mol. The molecule has 0 aromatic carbocycles. The second-order valence-electron chi connectivity index (χ2n) is 6.75. The molecule has 0 radical (unpaired) electrons. The molecule has 0 N–H and O–H groups in total. The van der Waals surface area contributed by atoms with Crippen LogP contribution in [-0.4, -0.2) is 6.29 Å². The van der Waals surface area contributed by atoms with Gasteiger partial charge in [-0.25, -0.2) is 0 Å². The maximum Gasteiger partial charge on any atom is 0.126 e. The van der Waals surface area contributed by atoms with E-state index in [-0.39, 0.29) is 5.41 Å². The van der Waals surface area contributed by atoms with Gasteiger partial charge in [0, 0.05) is 5.41 Å². The molecule has 1 heteroatoms. The minimum absolute atomic E-state index is 0.0976. The Kier molecular flexibility index (Phi) is 6.98. The predicted octanol–water partition coefficient (Wildman–Crippen LogP) is 5.77. The lowest BCUT2D eigenvalue weighted by atomic mass is 9.77. The molecule has 1 nitrogen and oxygen atoms in total. The zero-order chi connectivity index (χ0) is 15.0. The number of rotatable bonds is 7. The van der Waals surface area contributed by atoms with Gasteiger partial charge in [0.2, 0.25) is 0 Å². The number of carbonyl (C=O) groups excluding carboxylic acids is 1. The Morgan fingerprint density at radius 1 is 1.25 bits per heavy atom. The molecule has 1 aliphatic rings. The van der Waals surface area contributed by atoms with Crippen molar-refractivity contribution >= 4 is 6.29 Å². The largest absolute Gasteiger partial charge is 0.303 e. The van der Waals surface area contributed by atoms with Crippen molar-refractivity contribution in [3.05, 3.63) is 34.9 Å². The molecule has 0 fully saturated rings. The quantitative estimate of drug-likeness (QED) is 0.425. The van der Waals surface area contributed by atoms with Crippen LogP contribution in [0.1, 0.15) is 72.6 Å². The Morgan fingerprint density at radius 3 is 2.55 bits per heavy atom. The van der Waals surface area contributed by atoms with E-state index in [9.17, 15) is 4.79 Å². The highest BCUT2D eigenvalue weighted by Gasteiger charge is 2.25. The summed E-state index contributed by atoms with van der Waals surface area (Å²) >= 11 is 0. The lowest BCUT2D eigenvalue weighted by Crippen LogP contribution is -2.20. The molecule has 0 saturated heterocycles. The second-order valence-corrected chi connectivity index (χ2v) is 6.75. The van der Waals surface area contributed by atoms with Gasteiger partial charge in [-0.2, -0.15) is 0 Å². The van der Waals surface area contributed by atoms with Crippen molar-refractivity contribution < 1.29 is 4.79 Å². The van der Waals surface area contributed by atoms with Crippen LogP contribution in [0.5, 0.6) is 0 Å². The van der Waals surface area contributed by atoms with Crippen LogP contribution in [0.2, 0.25) is 0 Å². The van der Waals surface area contributed by atoms with Crippen LogP contribution >= 0.6 is 0 Å². The van der Waals surface area contributed by atoms with E-state index in [1.807, 2.05) is 0 Å². The van der Waals surface area contributed by atoms with Crippen LogP contribution in [0, 0.1) is 5.41 Å². The Morgan fingerprint density at radius 2 is 2.00 bits per heavy atom. The minimum Gasteiger partial charge on any atom is -0.303 e. The standard InChI is InChI=1S/C19H30O/c1-16(2)7-5-8-17(3)9-6-10-18-11-13-19(4,15-20)14-12-18/h7,9,11,15H,5-6,8,10,12-14H2,1-4H3/b17-9+. The van der Waals surface area contributed by atoms with Gasteiger partial charge in [-0.05, 0) is 65.7 Å². The lowest BCUT2D eigenvalue weighted by Gasteiger charge is -2.27. The third-order valence-electron chi connectivity index (χ3n) is 4.21. The highest BCUT2D eigenvalue weighted by molar-refractivity contribution is 5.59. The van der Waals surface area contributed by atoms with E-state index in [1.54, 1.807) is 0 Å². The first-order valence-electron chi connectivity index (χ1n) is 7.88. The van der Waals surface area contributed by atoms with E-state index in [0.717, 1.165) is 44.8 Å². The summed E-state index contributed by atoms with van der Waals surface area (Å²) in [6, 6.07) is 0. The molecule has 112 valence electrons. The molecular weight excluding hydrogens is 244 g/mol. The molecule has 1 rings (SSSR count). The molecule has 0 spiro atoms. The van der Waals surface area contributed by atoms with Crippen molar-refractivity contribution in [3.63, 3.8) is 0 Å². The first-order chi connectivity index (χ1) is 9.45. The SMILES string of the molecule is CC(C)=CCC/C(C)=C/CCC1=CCC(C)(C=O)CC1. The molecule has 0 amide bonds. The fourth-order valence-corrected chi connectivity index (χ4v) is 2.56. The molecule has 1 unspecified atom stereocenters. The van der Waals surface area contributed by atoms with E-state index in [2.05, 4.69) is 45.9 Å². The van der Waals surface area contributed by atoms with Gasteiger partial charge in [0.05, 0.1) is 0 Å². The van der Waals surface area contributed by atoms with Gasteiger partial charge in [0.25, 0.3) is 0 Å². The van der Waals surface area contributed by atoms with E-state index in [0.29, 0.717) is 0 Å². The summed E-state index contributed by atoms with van der Waals surface area (Å²) in [5, 5.41) is 0. The number of carbonyl (C=O) groups is 1. The molecule has 0 heterocycles. The van der Waals surface area contributed by atoms with E-state index < -0.39 is 0 Å². The summed E-state index contributed by atoms with van der Waals surface area (Å²) in [7, 11) is 0. The first kappa shape index (κ1) is 16.9. The van der Waals surface area contributed by atoms with Gasteiger partial charge in [0.15, 0.2) is 0 Å². The van der Waals surface area contributed by atoms with Gasteiger partial charge in [0.1, 0.15) is 6.29 Å². The Balaban J connectivity index is 2.30. The monoisotopic (exact) mass is 274 g/mol. The number of allylic oxidation sites excluding steroid dienone is 6. The zero-order valence-electron chi connectivity index (χ0n) is 13.7. The summed E-state index contributed by atoms with van der Waals surface area (Å²) in [6.07, 6.45) is 15.8. The smallest absolute Gasteiger partial charge is 0.126 e. The molecule has 1 atom stereocenters. The summed E-state index contributed by atoms with van der Waals surface area (Å²) in [5.41, 5.74) is 4.34. The minimum atomic E-state index is -0.0976. The Labute approximate surface area is 124 Å². The Bertz CT molecular complexity index is 407. The second kappa shape index (κ2) is 8.24. The van der Waals surface area contributed by atoms with Gasteiger partial charge in [-0.15, -0.1) is 0 Å². The number of hydrogen-bond acceptors (Lipinski definition) is 1. The predicted molar refractivity (Wildman–Crippen MR) is 87.8 cm³/mol. The van der Waals surface area contributed by atoms with Gasteiger partial charge < -0.3 is 4.79 Å². The fourth-order valence-electron chi connectivity index (χ4n) is 2.56. The van der Waals surface area contributed by atoms with Crippen molar-refractivity contribution in [2.24, 2.45) is 5.41 Å². The van der Waals surface area contributed by atoms with Crippen molar-refractivity contribution in [2.75, 3.05) is 0 Å². The van der Waals surface area contributed by atoms with Crippen molar-refractivity contribution in [1.29, 1.82) is 0 Å². The molecule has 0 bridgehead atoms. The molecule has 0 aromatic rings. The van der Waals surface area contributed by atoms with Crippen LogP contribution < -0.4 is 0 Å². The molecular formula is C19H30O. The van der Waals surface area contributed by atoms with Gasteiger partial charge in [-0.3, -0.25) is 0 Å². The van der Waals surface area contributed by atoms with Gasteiger partial charge >= 0.3 is 0 Å². The van der Waals surface area contributed by atoms with E-state index in [1.165, 1.54) is 23.1 Å². The van der Waals surface area contributed by atoms with E-state index >= 15 is 0 Å². The van der Waals surface area contributed by atoms with Crippen LogP contribution in [-0.2, 0) is 4.79 Å². The average Bonchev–Trinajstić information content (AvgIpc) is 2.41. The van der Waals surface area contributed by atoms with Crippen molar-refractivity contribution in [1.82, 2.24) is 0 Å². The Hall–Kier alpha value is -1.11. The summed E-state index contributed by atoms with van der Waals surface area (Å²) in [6.45, 7) is 8.61. The van der Waals surface area contributed by atoms with Crippen molar-refractivity contribution in [2.45, 2.75) is 72.6 Å². The maximum absolute atomic E-state index is 11.0. The number of hydrogen-bond donors (Lipinski definition) is 0. The summed E-state index contributed by atoms with van der Waals surface area (Å²) < 4.78 is 0. The number of aldehydes is 1. The highest BCUT2D eigenvalue weighted by Crippen LogP contribution is 2.34. The lowest BCUT2D eigenvalue weighted by molar-refractivity contribution is -0.115. The van der Waals surface area contributed by atoms with Crippen LogP contribution in [0.3, 0.4) is 0 Å². The van der Waals surface area contributed by atoms with Crippen LogP contribution in [0.25, 0.3) is 0 Å². The van der Waals surface area contributed by atoms with Gasteiger partial charge in [-0.1, -0.05) is 41.9 Å². The van der Waals surface area contributed by atoms with Crippen molar-refractivity contribution in [3.8, 4) is 0 Å². The zero-order valence-corrected chi connectivity index (χ0v) is 13.7. The molecule has 20 heavy (non-hydrogen) atoms. The van der Waals surface area contributed by atoms with Crippen LogP contribution in [0.15, 0.2) is 34.9 Å². The first-order valence-corrected chi connectivity index (χ1v) is 7.88. The highest BCUT2D eigenvalue weighted by atomic mass is 16.1. The summed E-state index contributed by atoms with van der Waals surface area (Å²) in [4.78, 5) is 11.0. The molecule has 0 aromatic heterocycles. The molecule has 1 aliphatic carbocycles. The summed E-state index contributed by atoms with van der Waals surface area (Å²) in [5.74, 6) is 0. The third-order valence-corrected chi connectivity index (χ3v) is 4.21. The maximum atomic E-state index is 11.0. The molecule has 0 saturated carbocycles.